The van der Waals surface area contributed by atoms with Gasteiger partial charge in [0.15, 0.2) is 50.8 Å². The first-order valence-electron chi connectivity index (χ1n) is 7.29. The van der Waals surface area contributed by atoms with Gasteiger partial charge in [-0.1, -0.05) is 0 Å². The minimum absolute atomic E-state index is 0.295. The summed E-state index contributed by atoms with van der Waals surface area (Å²) in [5, 5.41) is 68.4. The number of urea groups is 2. The molecule has 0 saturated carbocycles. The Balaban J connectivity index is -0.0000000956. The Labute approximate surface area is 179 Å². The first-order chi connectivity index (χ1) is 13.9. The van der Waals surface area contributed by atoms with Gasteiger partial charge in [0.25, 0.3) is 0 Å². The Morgan fingerprint density at radius 2 is 0.613 bits per heavy atom. The van der Waals surface area contributed by atoms with Crippen LogP contribution >= 0.6 is 14.5 Å². The molecule has 0 spiro atoms. The number of rotatable bonds is 8. The summed E-state index contributed by atoms with van der Waals surface area (Å²) < 4.78 is 34.1. The summed E-state index contributed by atoms with van der Waals surface area (Å²) in [4.78, 5) is 18.0. The molecule has 0 heterocycles. The lowest BCUT2D eigenvalue weighted by Crippen LogP contribution is -2.18. The molecule has 0 unspecified atom stereocenters. The molecule has 0 aromatic heterocycles. The molecule has 16 N–H and O–H groups in total. The number of hydrogen-bond acceptors (Lipinski definition) is 14. The molecule has 21 heteroatoms. The van der Waals surface area contributed by atoms with E-state index < -0.39 is 37.0 Å². The monoisotopic (exact) mass is 526 g/mol. The van der Waals surface area contributed by atoms with Crippen LogP contribution in [0.3, 0.4) is 0 Å². The molecule has 0 bridgehead atoms. The number of aliphatic hydroxyl groups excluding tert-OH is 8. The average molecular weight is 526 g/mol. The number of primary amides is 4. The molecule has 18 nitrogen and oxygen atoms in total. The van der Waals surface area contributed by atoms with Crippen molar-refractivity contribution in [2.45, 2.75) is 0 Å². The molecule has 0 aromatic carbocycles. The lowest BCUT2D eigenvalue weighted by Gasteiger charge is -2.15. The fourth-order valence-corrected chi connectivity index (χ4v) is 1.61. The first-order valence-corrected chi connectivity index (χ1v) is 13.7. The third kappa shape index (κ3) is 39.9. The van der Waals surface area contributed by atoms with Crippen molar-refractivity contribution < 1.29 is 68.0 Å². The Kier molecular flexibility index (Phi) is 30.7. The number of nitrogens with two attached hydrogens (primary N) is 4. The molecule has 4 amide bonds. The van der Waals surface area contributed by atoms with E-state index in [9.17, 15) is 0 Å². The molecule has 0 atom stereocenters. The quantitative estimate of drug-likeness (QED) is 0.0796. The van der Waals surface area contributed by atoms with Crippen LogP contribution in [0.2, 0.25) is 0 Å². The summed E-state index contributed by atoms with van der Waals surface area (Å²) >= 11 is 0. The van der Waals surface area contributed by atoms with E-state index >= 15 is 0 Å². The normalized spacial score (nSPS) is 10.4. The fraction of sp³-hybridized carbons (Fsp3) is 0.800. The van der Waals surface area contributed by atoms with Crippen LogP contribution in [0.25, 0.3) is 0 Å². The van der Waals surface area contributed by atoms with E-state index in [1.165, 1.54) is 0 Å². The highest BCUT2D eigenvalue weighted by molar-refractivity contribution is 7.79. The van der Waals surface area contributed by atoms with Crippen LogP contribution in [0, 0.1) is 0 Å². The molecule has 0 aromatic rings. The largest absolute Gasteiger partial charge is 0.759 e. The highest BCUT2D eigenvalue weighted by atomic mass is 32.3. The lowest BCUT2D eigenvalue weighted by atomic mass is 11.2. The third-order valence-electron chi connectivity index (χ3n) is 2.40. The lowest BCUT2D eigenvalue weighted by molar-refractivity contribution is 0.255. The minimum Gasteiger partial charge on any atom is -0.759 e. The maximum absolute atomic E-state index is 9.00. The van der Waals surface area contributed by atoms with Crippen LogP contribution in [0.15, 0.2) is 0 Å². The van der Waals surface area contributed by atoms with E-state index in [1.54, 1.807) is 0 Å². The van der Waals surface area contributed by atoms with Gasteiger partial charge in [-0.3, -0.25) is 8.42 Å². The van der Waals surface area contributed by atoms with Gasteiger partial charge in [0.05, 0.1) is 0 Å². The van der Waals surface area contributed by atoms with Gasteiger partial charge in [0.2, 0.25) is 0 Å². The predicted octanol–water partition coefficient (Wildman–Crippen LogP) is -5.68. The zero-order chi connectivity index (χ0) is 26.3. The van der Waals surface area contributed by atoms with Crippen molar-refractivity contribution in [2.75, 3.05) is 50.8 Å². The molecule has 0 saturated heterocycles. The van der Waals surface area contributed by atoms with Crippen molar-refractivity contribution in [3.05, 3.63) is 0 Å². The Morgan fingerprint density at radius 1 is 0.548 bits per heavy atom. The van der Waals surface area contributed by atoms with Gasteiger partial charge in [0.1, 0.15) is 14.5 Å². The van der Waals surface area contributed by atoms with Gasteiger partial charge in [-0.05, 0) is 0 Å². The van der Waals surface area contributed by atoms with Crippen LogP contribution in [0.5, 0.6) is 0 Å². The van der Waals surface area contributed by atoms with E-state index in [1.807, 2.05) is 0 Å². The summed E-state index contributed by atoms with van der Waals surface area (Å²) in [5.74, 6) is 0. The molecular weight excluding hydrogens is 494 g/mol. The fourth-order valence-electron chi connectivity index (χ4n) is 0.537. The smallest absolute Gasteiger partial charge is 0.309 e. The molecular formula is C10H32N4O14P2S. The van der Waals surface area contributed by atoms with E-state index in [2.05, 4.69) is 22.9 Å². The second-order valence-electron chi connectivity index (χ2n) is 5.03. The third-order valence-corrected chi connectivity index (χ3v) is 7.20. The van der Waals surface area contributed by atoms with Gasteiger partial charge in [-0.25, -0.2) is 9.59 Å². The van der Waals surface area contributed by atoms with Crippen molar-refractivity contribution in [1.82, 2.24) is 0 Å². The summed E-state index contributed by atoms with van der Waals surface area (Å²) in [5.41, 5.74) is 17.0. The zero-order valence-corrected chi connectivity index (χ0v) is 18.9. The van der Waals surface area contributed by atoms with Gasteiger partial charge in [-0.2, -0.15) is 0 Å². The van der Waals surface area contributed by atoms with Crippen LogP contribution < -0.4 is 22.9 Å². The zero-order valence-electron chi connectivity index (χ0n) is 16.3. The molecule has 0 aliphatic rings. The van der Waals surface area contributed by atoms with Crippen LogP contribution in [-0.4, -0.2) is 121 Å². The van der Waals surface area contributed by atoms with Crippen molar-refractivity contribution >= 4 is 37.0 Å². The summed E-state index contributed by atoms with van der Waals surface area (Å²) in [7, 11) is -9.56. The molecule has 0 rings (SSSR count). The van der Waals surface area contributed by atoms with Gasteiger partial charge < -0.3 is 72.9 Å². The van der Waals surface area contributed by atoms with Crippen molar-refractivity contribution in [3.8, 4) is 0 Å². The second kappa shape index (κ2) is 23.6. The molecule has 31 heavy (non-hydrogen) atoms. The summed E-state index contributed by atoms with van der Waals surface area (Å²) in [6.45, 7) is 0. The van der Waals surface area contributed by atoms with Gasteiger partial charge in [0, 0.05) is 10.4 Å². The standard InChI is InChI=1S/2C4H12O4P.2CH4N2O.H2O4S/c2*5-1-9(2-6,3-7)4-8;2*2-1(3)4;1-5(2,3)4/h2*5-8H,1-4H2;2*(H4,2,3,4);(H2,1,2,3,4)/q2*+1;;;/p-2. The highest BCUT2D eigenvalue weighted by Gasteiger charge is 2.35. The maximum atomic E-state index is 9.00. The molecule has 0 aliphatic carbocycles. The van der Waals surface area contributed by atoms with Crippen LogP contribution in [0.1, 0.15) is 0 Å². The number of carbonyl (C=O) groups excluding carboxylic acids is 2. The predicted molar refractivity (Wildman–Crippen MR) is 109 cm³/mol. The van der Waals surface area contributed by atoms with Crippen molar-refractivity contribution in [1.29, 1.82) is 0 Å². The minimum atomic E-state index is -5.17. The summed E-state index contributed by atoms with van der Waals surface area (Å²) in [6, 6.07) is -1.67. The van der Waals surface area contributed by atoms with E-state index in [0.29, 0.717) is 0 Å². The highest BCUT2D eigenvalue weighted by Crippen LogP contribution is 2.55. The Bertz CT molecular complexity index is 450. The SMILES string of the molecule is NC(N)=O.NC(N)=O.O=S(=O)([O-])[O-].OC[P+](CO)(CO)CO.OC[P+](CO)(CO)CO. The maximum Gasteiger partial charge on any atom is 0.309 e. The average Bonchev–Trinajstić information content (AvgIpc) is 2.65. The topological polar surface area (TPSA) is 380 Å². The second-order valence-corrected chi connectivity index (χ2v) is 13.5. The van der Waals surface area contributed by atoms with E-state index in [0.717, 1.165) is 0 Å². The van der Waals surface area contributed by atoms with E-state index in [-0.39, 0.29) is 50.8 Å². The Hall–Kier alpha value is -1.05. The van der Waals surface area contributed by atoms with Crippen LogP contribution in [-0.2, 0) is 10.4 Å². The molecule has 192 valence electrons. The van der Waals surface area contributed by atoms with Crippen molar-refractivity contribution in [2.24, 2.45) is 22.9 Å². The molecule has 0 radical (unpaired) electrons. The van der Waals surface area contributed by atoms with Gasteiger partial charge >= 0.3 is 12.1 Å². The number of carbonyl (C=O) groups is 2. The molecule has 0 fully saturated rings. The van der Waals surface area contributed by atoms with Crippen molar-refractivity contribution in [3.63, 3.8) is 0 Å². The molecule has 0 aliphatic heterocycles. The van der Waals surface area contributed by atoms with Crippen LogP contribution in [0.4, 0.5) is 9.59 Å². The number of amides is 4. The number of hydrogen-bond donors (Lipinski definition) is 12. The van der Waals surface area contributed by atoms with E-state index in [4.69, 9.17) is 68.0 Å². The number of aliphatic hydroxyl groups is 8. The first kappa shape index (κ1) is 40.3. The van der Waals surface area contributed by atoms with Gasteiger partial charge in [-0.15, -0.1) is 0 Å². The summed E-state index contributed by atoms with van der Waals surface area (Å²) in [6.07, 6.45) is -2.36. The Morgan fingerprint density at radius 3 is 0.613 bits per heavy atom.